The van der Waals surface area contributed by atoms with E-state index < -0.39 is 0 Å². The Hall–Kier alpha value is -2.51. The van der Waals surface area contributed by atoms with E-state index in [1.54, 1.807) is 12.5 Å². The fourth-order valence-electron chi connectivity index (χ4n) is 3.40. The number of imidazole rings is 2. The van der Waals surface area contributed by atoms with Gasteiger partial charge >= 0.3 is 0 Å². The second-order valence-electron chi connectivity index (χ2n) is 6.39. The first-order chi connectivity index (χ1) is 11.7. The Balaban J connectivity index is 1.44. The van der Waals surface area contributed by atoms with Gasteiger partial charge in [-0.1, -0.05) is 6.07 Å². The lowest BCUT2D eigenvalue weighted by atomic mass is 10.0. The fraction of sp³-hybridized carbons (Fsp3) is 0.353. The van der Waals surface area contributed by atoms with Crippen LogP contribution in [0.2, 0.25) is 0 Å². The van der Waals surface area contributed by atoms with Crippen LogP contribution in [-0.2, 0) is 13.6 Å². The minimum Gasteiger partial charge on any atom is -0.337 e. The SMILES string of the molecule is Cn1cncc1[C@@H]1CN(Cc2ccc(-n3ccnc3)nc2)C[C@H]1N. The van der Waals surface area contributed by atoms with Gasteiger partial charge in [-0.3, -0.25) is 9.47 Å². The maximum absolute atomic E-state index is 6.36. The molecule has 2 atom stereocenters. The van der Waals surface area contributed by atoms with Crippen LogP contribution in [0.15, 0.2) is 49.6 Å². The van der Waals surface area contributed by atoms with Gasteiger partial charge in [-0.25, -0.2) is 15.0 Å². The summed E-state index contributed by atoms with van der Waals surface area (Å²) in [5, 5.41) is 0. The van der Waals surface area contributed by atoms with Gasteiger partial charge in [-0.05, 0) is 11.6 Å². The molecule has 0 amide bonds. The predicted octanol–water partition coefficient (Wildman–Crippen LogP) is 0.927. The van der Waals surface area contributed by atoms with Gasteiger partial charge in [-0.2, -0.15) is 0 Å². The Labute approximate surface area is 140 Å². The van der Waals surface area contributed by atoms with Crippen molar-refractivity contribution in [2.24, 2.45) is 12.8 Å². The smallest absolute Gasteiger partial charge is 0.137 e. The summed E-state index contributed by atoms with van der Waals surface area (Å²) in [6, 6.07) is 4.27. The second kappa shape index (κ2) is 6.18. The molecule has 0 bridgehead atoms. The average Bonchev–Trinajstić information content (AvgIpc) is 3.30. The molecule has 7 heteroatoms. The molecule has 0 radical (unpaired) electrons. The van der Waals surface area contributed by atoms with Crippen molar-refractivity contribution in [2.45, 2.75) is 18.5 Å². The van der Waals surface area contributed by atoms with E-state index in [9.17, 15) is 0 Å². The first-order valence-corrected chi connectivity index (χ1v) is 8.08. The van der Waals surface area contributed by atoms with Gasteiger partial charge in [-0.15, -0.1) is 0 Å². The van der Waals surface area contributed by atoms with Crippen LogP contribution < -0.4 is 5.73 Å². The lowest BCUT2D eigenvalue weighted by molar-refractivity contribution is 0.322. The number of nitrogens with two attached hydrogens (primary N) is 1. The highest BCUT2D eigenvalue weighted by Gasteiger charge is 2.32. The van der Waals surface area contributed by atoms with Crippen molar-refractivity contribution >= 4 is 0 Å². The number of aromatic nitrogens is 5. The zero-order valence-corrected chi connectivity index (χ0v) is 13.7. The van der Waals surface area contributed by atoms with Crippen molar-refractivity contribution in [3.05, 3.63) is 60.8 Å². The standard InChI is InChI=1S/C17H21N7/c1-22-11-20-7-16(22)14-9-23(10-15(14)18)8-13-2-3-17(21-6-13)24-5-4-19-12-24/h2-7,11-12,14-15H,8-10,18H2,1H3/t14-,15-/m1/s1. The third-order valence-corrected chi connectivity index (χ3v) is 4.66. The number of likely N-dealkylation sites (tertiary alicyclic amines) is 1. The topological polar surface area (TPSA) is 77.8 Å². The molecular formula is C17H21N7. The molecule has 2 N–H and O–H groups in total. The highest BCUT2D eigenvalue weighted by atomic mass is 15.2. The summed E-state index contributed by atoms with van der Waals surface area (Å²) < 4.78 is 3.96. The molecule has 3 aromatic heterocycles. The molecule has 24 heavy (non-hydrogen) atoms. The minimum atomic E-state index is 0.138. The molecule has 1 aliphatic rings. The summed E-state index contributed by atoms with van der Waals surface area (Å²) in [6.45, 7) is 2.70. The van der Waals surface area contributed by atoms with Crippen LogP contribution in [0, 0.1) is 0 Å². The number of rotatable bonds is 4. The molecule has 1 saturated heterocycles. The monoisotopic (exact) mass is 323 g/mol. The molecule has 4 heterocycles. The maximum Gasteiger partial charge on any atom is 0.137 e. The van der Waals surface area contributed by atoms with Crippen LogP contribution in [0.25, 0.3) is 5.82 Å². The van der Waals surface area contributed by atoms with Gasteiger partial charge in [0.15, 0.2) is 0 Å². The fourth-order valence-corrected chi connectivity index (χ4v) is 3.40. The molecule has 1 fully saturated rings. The van der Waals surface area contributed by atoms with E-state index in [2.05, 4.69) is 30.5 Å². The van der Waals surface area contributed by atoms with Crippen LogP contribution in [0.3, 0.4) is 0 Å². The summed E-state index contributed by atoms with van der Waals surface area (Å²) >= 11 is 0. The third-order valence-electron chi connectivity index (χ3n) is 4.66. The van der Waals surface area contributed by atoms with E-state index in [4.69, 9.17) is 5.73 Å². The lowest BCUT2D eigenvalue weighted by Crippen LogP contribution is -2.29. The Kier molecular flexibility index (Phi) is 3.87. The van der Waals surface area contributed by atoms with Crippen molar-refractivity contribution in [2.75, 3.05) is 13.1 Å². The molecule has 3 aromatic rings. The number of pyridine rings is 1. The molecule has 1 aliphatic heterocycles. The van der Waals surface area contributed by atoms with Crippen molar-refractivity contribution < 1.29 is 0 Å². The summed E-state index contributed by atoms with van der Waals surface area (Å²) in [5.74, 6) is 1.21. The molecule has 0 aliphatic carbocycles. The largest absolute Gasteiger partial charge is 0.337 e. The first-order valence-electron chi connectivity index (χ1n) is 8.08. The Bertz CT molecular complexity index is 791. The van der Waals surface area contributed by atoms with Crippen molar-refractivity contribution in [1.29, 1.82) is 0 Å². The third kappa shape index (κ3) is 2.83. The Morgan fingerprint density at radius 2 is 2.08 bits per heavy atom. The van der Waals surface area contributed by atoms with Gasteiger partial charge in [0.05, 0.1) is 6.33 Å². The van der Waals surface area contributed by atoms with E-state index in [1.165, 1.54) is 11.3 Å². The summed E-state index contributed by atoms with van der Waals surface area (Å²) in [6.07, 6.45) is 11.1. The van der Waals surface area contributed by atoms with Crippen molar-refractivity contribution in [3.8, 4) is 5.82 Å². The molecule has 0 unspecified atom stereocenters. The summed E-state index contributed by atoms with van der Waals surface area (Å²) in [7, 11) is 2.02. The van der Waals surface area contributed by atoms with Crippen molar-refractivity contribution in [3.63, 3.8) is 0 Å². The molecule has 4 rings (SSSR count). The zero-order chi connectivity index (χ0) is 16.5. The molecule has 7 nitrogen and oxygen atoms in total. The Morgan fingerprint density at radius 1 is 1.17 bits per heavy atom. The van der Waals surface area contributed by atoms with Crippen LogP contribution >= 0.6 is 0 Å². The van der Waals surface area contributed by atoms with Gasteiger partial charge in [0.1, 0.15) is 12.1 Å². The number of hydrogen-bond acceptors (Lipinski definition) is 5. The molecule has 0 aromatic carbocycles. The first kappa shape index (κ1) is 15.0. The van der Waals surface area contributed by atoms with Crippen LogP contribution in [0.1, 0.15) is 17.2 Å². The quantitative estimate of drug-likeness (QED) is 0.773. The molecule has 124 valence electrons. The van der Waals surface area contributed by atoms with Gasteiger partial charge in [0.25, 0.3) is 0 Å². The number of hydrogen-bond donors (Lipinski definition) is 1. The normalized spacial score (nSPS) is 21.4. The summed E-state index contributed by atoms with van der Waals surface area (Å²) in [5.41, 5.74) is 8.76. The van der Waals surface area contributed by atoms with Gasteiger partial charge < -0.3 is 10.3 Å². The average molecular weight is 323 g/mol. The Morgan fingerprint density at radius 3 is 2.75 bits per heavy atom. The van der Waals surface area contributed by atoms with E-state index in [0.717, 1.165) is 25.5 Å². The van der Waals surface area contributed by atoms with Crippen LogP contribution in [0.5, 0.6) is 0 Å². The van der Waals surface area contributed by atoms with E-state index >= 15 is 0 Å². The number of aryl methyl sites for hydroxylation is 1. The highest BCUT2D eigenvalue weighted by Crippen LogP contribution is 2.27. The van der Waals surface area contributed by atoms with Crippen molar-refractivity contribution in [1.82, 2.24) is 29.0 Å². The molecule has 0 saturated carbocycles. The van der Waals surface area contributed by atoms with E-state index in [0.29, 0.717) is 5.92 Å². The zero-order valence-electron chi connectivity index (χ0n) is 13.7. The van der Waals surface area contributed by atoms with E-state index in [-0.39, 0.29) is 6.04 Å². The molecule has 0 spiro atoms. The predicted molar refractivity (Wildman–Crippen MR) is 90.6 cm³/mol. The highest BCUT2D eigenvalue weighted by molar-refractivity contribution is 5.25. The maximum atomic E-state index is 6.36. The van der Waals surface area contributed by atoms with E-state index in [1.807, 2.05) is 42.6 Å². The number of nitrogens with zero attached hydrogens (tertiary/aromatic N) is 6. The molecular weight excluding hydrogens is 302 g/mol. The van der Waals surface area contributed by atoms with Gasteiger partial charge in [0, 0.05) is 69.1 Å². The summed E-state index contributed by atoms with van der Waals surface area (Å²) in [4.78, 5) is 15.2. The minimum absolute atomic E-state index is 0.138. The van der Waals surface area contributed by atoms with Crippen LogP contribution in [0.4, 0.5) is 0 Å². The van der Waals surface area contributed by atoms with Gasteiger partial charge in [0.2, 0.25) is 0 Å². The lowest BCUT2D eigenvalue weighted by Gasteiger charge is -2.16. The van der Waals surface area contributed by atoms with Crippen LogP contribution in [-0.4, -0.2) is 48.1 Å². The second-order valence-corrected chi connectivity index (χ2v) is 6.39.